The maximum absolute atomic E-state index is 12.1. The van der Waals surface area contributed by atoms with E-state index < -0.39 is 0 Å². The summed E-state index contributed by atoms with van der Waals surface area (Å²) < 4.78 is 5.43. The molecule has 11 nitrogen and oxygen atoms in total. The standard InChI is InChI=1S/C24H27N9O2S/c1-3-25-21(34)16-6-8-17(9-7-16)36-24-28-22(27-23(29-24)33-12-10-32(2)11-13-33)26-20-15-18(30-31-20)19-5-4-14-35-19/h4-9,14-15H,3,10-13H2,1-2H3,(H,25,34)(H2,26,27,28,29,30,31). The van der Waals surface area contributed by atoms with Gasteiger partial charge in [0.2, 0.25) is 11.9 Å². The van der Waals surface area contributed by atoms with Gasteiger partial charge in [-0.3, -0.25) is 9.89 Å². The van der Waals surface area contributed by atoms with Crippen LogP contribution < -0.4 is 15.5 Å². The number of aromatic amines is 1. The topological polar surface area (TPSA) is 128 Å². The third-order valence-electron chi connectivity index (χ3n) is 5.66. The van der Waals surface area contributed by atoms with Crippen LogP contribution in [0.1, 0.15) is 17.3 Å². The van der Waals surface area contributed by atoms with Crippen molar-refractivity contribution in [2.24, 2.45) is 0 Å². The van der Waals surface area contributed by atoms with E-state index >= 15 is 0 Å². The third kappa shape index (κ3) is 5.66. The molecule has 0 radical (unpaired) electrons. The highest BCUT2D eigenvalue weighted by molar-refractivity contribution is 7.99. The number of piperazine rings is 1. The number of furan rings is 1. The molecule has 12 heteroatoms. The molecule has 0 unspecified atom stereocenters. The van der Waals surface area contributed by atoms with Crippen molar-refractivity contribution in [1.29, 1.82) is 0 Å². The first kappa shape index (κ1) is 23.8. The molecule has 0 bridgehead atoms. The lowest BCUT2D eigenvalue weighted by Gasteiger charge is -2.32. The van der Waals surface area contributed by atoms with Gasteiger partial charge in [-0.15, -0.1) is 0 Å². The summed E-state index contributed by atoms with van der Waals surface area (Å²) in [6.07, 6.45) is 1.61. The average molecular weight is 506 g/mol. The minimum Gasteiger partial charge on any atom is -0.463 e. The monoisotopic (exact) mass is 505 g/mol. The molecular formula is C24H27N9O2S. The van der Waals surface area contributed by atoms with Gasteiger partial charge in [-0.2, -0.15) is 20.1 Å². The fourth-order valence-corrected chi connectivity index (χ4v) is 4.44. The molecule has 3 N–H and O–H groups in total. The average Bonchev–Trinajstić information content (AvgIpc) is 3.57. The Labute approximate surface area is 212 Å². The van der Waals surface area contributed by atoms with Crippen molar-refractivity contribution in [2.75, 3.05) is 50.0 Å². The first-order valence-electron chi connectivity index (χ1n) is 11.7. The Morgan fingerprint density at radius 1 is 1.11 bits per heavy atom. The predicted molar refractivity (Wildman–Crippen MR) is 138 cm³/mol. The van der Waals surface area contributed by atoms with Crippen molar-refractivity contribution in [2.45, 2.75) is 17.0 Å². The number of nitrogens with zero attached hydrogens (tertiary/aromatic N) is 6. The molecular weight excluding hydrogens is 478 g/mol. The fourth-order valence-electron chi connectivity index (χ4n) is 3.70. The Morgan fingerprint density at radius 2 is 1.92 bits per heavy atom. The van der Waals surface area contributed by atoms with E-state index in [2.05, 4.69) is 47.6 Å². The number of amides is 1. The van der Waals surface area contributed by atoms with Crippen LogP contribution in [0.2, 0.25) is 0 Å². The van der Waals surface area contributed by atoms with Gasteiger partial charge in [0, 0.05) is 49.2 Å². The van der Waals surface area contributed by atoms with Crippen molar-refractivity contribution in [1.82, 2.24) is 35.4 Å². The Morgan fingerprint density at radius 3 is 2.64 bits per heavy atom. The van der Waals surface area contributed by atoms with Crippen LogP contribution in [0.4, 0.5) is 17.7 Å². The second-order valence-electron chi connectivity index (χ2n) is 8.29. The first-order valence-corrected chi connectivity index (χ1v) is 12.5. The maximum Gasteiger partial charge on any atom is 0.251 e. The summed E-state index contributed by atoms with van der Waals surface area (Å²) >= 11 is 1.41. The van der Waals surface area contributed by atoms with E-state index in [1.807, 2.05) is 37.3 Å². The number of benzene rings is 1. The number of hydrogen-bond acceptors (Lipinski definition) is 10. The van der Waals surface area contributed by atoms with Gasteiger partial charge in [-0.1, -0.05) is 0 Å². The van der Waals surface area contributed by atoms with Crippen LogP contribution in [0, 0.1) is 0 Å². The summed E-state index contributed by atoms with van der Waals surface area (Å²) in [5.41, 5.74) is 1.36. The van der Waals surface area contributed by atoms with Crippen molar-refractivity contribution < 1.29 is 9.21 Å². The van der Waals surface area contributed by atoms with Crippen molar-refractivity contribution in [3.05, 3.63) is 54.3 Å². The van der Waals surface area contributed by atoms with E-state index in [1.165, 1.54) is 11.8 Å². The minimum atomic E-state index is -0.0917. The van der Waals surface area contributed by atoms with Gasteiger partial charge in [-0.05, 0) is 62.1 Å². The SMILES string of the molecule is CCNC(=O)c1ccc(Sc2nc(Nc3cc(-c4ccco4)[nH]n3)nc(N3CCN(C)CC3)n2)cc1. The number of carbonyl (C=O) groups excluding carboxylic acids is 1. The quantitative estimate of drug-likeness (QED) is 0.328. The molecule has 5 rings (SSSR count). The van der Waals surface area contributed by atoms with E-state index in [1.54, 1.807) is 18.4 Å². The highest BCUT2D eigenvalue weighted by Gasteiger charge is 2.19. The van der Waals surface area contributed by atoms with Gasteiger partial charge in [0.15, 0.2) is 16.7 Å². The number of rotatable bonds is 8. The van der Waals surface area contributed by atoms with Gasteiger partial charge in [0.25, 0.3) is 5.91 Å². The van der Waals surface area contributed by atoms with Crippen molar-refractivity contribution in [3.8, 4) is 11.5 Å². The van der Waals surface area contributed by atoms with Crippen LogP contribution >= 0.6 is 11.8 Å². The molecule has 1 aromatic carbocycles. The van der Waals surface area contributed by atoms with Gasteiger partial charge >= 0.3 is 0 Å². The molecule has 36 heavy (non-hydrogen) atoms. The lowest BCUT2D eigenvalue weighted by molar-refractivity contribution is 0.0955. The van der Waals surface area contributed by atoms with Crippen LogP contribution in [0.3, 0.4) is 0 Å². The molecule has 1 fully saturated rings. The Hall–Kier alpha value is -3.90. The van der Waals surface area contributed by atoms with E-state index in [0.29, 0.717) is 40.7 Å². The Kier molecular flexibility index (Phi) is 7.14. The van der Waals surface area contributed by atoms with Crippen LogP contribution in [0.25, 0.3) is 11.5 Å². The molecule has 1 saturated heterocycles. The fraction of sp³-hybridized carbons (Fsp3) is 0.292. The summed E-state index contributed by atoms with van der Waals surface area (Å²) in [6.45, 7) is 6.01. The normalized spacial score (nSPS) is 14.1. The lowest BCUT2D eigenvalue weighted by Crippen LogP contribution is -2.45. The molecule has 1 aliphatic rings. The second-order valence-corrected chi connectivity index (χ2v) is 9.33. The van der Waals surface area contributed by atoms with Gasteiger partial charge < -0.3 is 24.9 Å². The van der Waals surface area contributed by atoms with Gasteiger partial charge in [0.05, 0.1) is 6.26 Å². The molecule has 186 valence electrons. The van der Waals surface area contributed by atoms with E-state index in [-0.39, 0.29) is 5.91 Å². The van der Waals surface area contributed by atoms with Crippen LogP contribution in [0.5, 0.6) is 0 Å². The van der Waals surface area contributed by atoms with Crippen molar-refractivity contribution in [3.63, 3.8) is 0 Å². The summed E-state index contributed by atoms with van der Waals surface area (Å²) in [6, 6.07) is 12.9. The van der Waals surface area contributed by atoms with Crippen LogP contribution in [0.15, 0.2) is 63.2 Å². The molecule has 4 heterocycles. The summed E-state index contributed by atoms with van der Waals surface area (Å²) in [4.78, 5) is 31.5. The zero-order chi connectivity index (χ0) is 24.9. The molecule has 0 atom stereocenters. The smallest absolute Gasteiger partial charge is 0.251 e. The Balaban J connectivity index is 1.39. The number of H-pyrrole nitrogens is 1. The number of nitrogens with one attached hydrogen (secondary N) is 3. The first-order chi connectivity index (χ1) is 17.6. The van der Waals surface area contributed by atoms with Crippen molar-refractivity contribution >= 4 is 35.4 Å². The number of aromatic nitrogens is 5. The van der Waals surface area contributed by atoms with Gasteiger partial charge in [-0.25, -0.2) is 0 Å². The third-order valence-corrected chi connectivity index (χ3v) is 6.53. The minimum absolute atomic E-state index is 0.0917. The predicted octanol–water partition coefficient (Wildman–Crippen LogP) is 3.25. The molecule has 3 aromatic heterocycles. The summed E-state index contributed by atoms with van der Waals surface area (Å²) in [5, 5.41) is 13.8. The summed E-state index contributed by atoms with van der Waals surface area (Å²) in [5.74, 6) is 2.18. The maximum atomic E-state index is 12.1. The Bertz CT molecular complexity index is 1300. The lowest BCUT2D eigenvalue weighted by atomic mass is 10.2. The number of carbonyl (C=O) groups is 1. The van der Waals surface area contributed by atoms with Gasteiger partial charge in [0.1, 0.15) is 5.69 Å². The molecule has 1 aliphatic heterocycles. The van der Waals surface area contributed by atoms with Crippen LogP contribution in [-0.2, 0) is 0 Å². The molecule has 4 aromatic rings. The number of hydrogen-bond donors (Lipinski definition) is 3. The van der Waals surface area contributed by atoms with E-state index in [9.17, 15) is 4.79 Å². The molecule has 0 saturated carbocycles. The zero-order valence-corrected chi connectivity index (χ0v) is 20.9. The largest absolute Gasteiger partial charge is 0.463 e. The van der Waals surface area contributed by atoms with E-state index in [0.717, 1.165) is 36.8 Å². The molecule has 1 amide bonds. The highest BCUT2D eigenvalue weighted by Crippen LogP contribution is 2.28. The summed E-state index contributed by atoms with van der Waals surface area (Å²) in [7, 11) is 2.11. The molecule has 0 spiro atoms. The number of anilines is 3. The van der Waals surface area contributed by atoms with E-state index in [4.69, 9.17) is 9.40 Å². The highest BCUT2D eigenvalue weighted by atomic mass is 32.2. The molecule has 0 aliphatic carbocycles. The van der Waals surface area contributed by atoms with Crippen LogP contribution in [-0.4, -0.2) is 75.7 Å². The number of likely N-dealkylation sites (N-methyl/N-ethyl adjacent to an activating group) is 1. The second kappa shape index (κ2) is 10.8. The zero-order valence-electron chi connectivity index (χ0n) is 20.1.